The number of piperazine rings is 1. The zero-order chi connectivity index (χ0) is 17.1. The van der Waals surface area contributed by atoms with E-state index in [4.69, 9.17) is 0 Å². The molecule has 0 aromatic heterocycles. The average molecular weight is 407 g/mol. The second kappa shape index (κ2) is 10.5. The van der Waals surface area contributed by atoms with Gasteiger partial charge in [-0.15, -0.1) is 24.8 Å². The number of hydrogen-bond acceptors (Lipinski definition) is 2. The highest BCUT2D eigenvalue weighted by atomic mass is 35.5. The van der Waals surface area contributed by atoms with E-state index in [9.17, 15) is 0 Å². The topological polar surface area (TPSA) is 15.3 Å². The SMILES string of the molecule is CCCCC[C@@H](c1ccc2c(c1)Cc1ccccc1-2)N1CCNCC1.Cl.Cl. The lowest BCUT2D eigenvalue weighted by atomic mass is 9.94. The Labute approximate surface area is 176 Å². The molecule has 4 heteroatoms. The van der Waals surface area contributed by atoms with Crippen LogP contribution in [0.5, 0.6) is 0 Å². The fourth-order valence-corrected chi connectivity index (χ4v) is 4.51. The molecule has 1 aliphatic heterocycles. The van der Waals surface area contributed by atoms with Crippen molar-refractivity contribution >= 4 is 24.8 Å². The molecule has 4 rings (SSSR count). The summed E-state index contributed by atoms with van der Waals surface area (Å²) in [7, 11) is 0. The summed E-state index contributed by atoms with van der Waals surface area (Å²) in [6.07, 6.45) is 6.37. The lowest BCUT2D eigenvalue weighted by Crippen LogP contribution is -2.45. The van der Waals surface area contributed by atoms with E-state index in [0.717, 1.165) is 19.5 Å². The molecule has 2 aromatic rings. The van der Waals surface area contributed by atoms with Crippen LogP contribution < -0.4 is 5.32 Å². The Balaban J connectivity index is 0.00000131. The number of rotatable bonds is 6. The van der Waals surface area contributed by atoms with Gasteiger partial charge in [-0.1, -0.05) is 68.7 Å². The van der Waals surface area contributed by atoms with Crippen LogP contribution in [0.1, 0.15) is 55.3 Å². The second-order valence-corrected chi connectivity index (χ2v) is 7.55. The largest absolute Gasteiger partial charge is 0.314 e. The molecule has 27 heavy (non-hydrogen) atoms. The molecule has 1 fully saturated rings. The molecule has 0 radical (unpaired) electrons. The van der Waals surface area contributed by atoms with Gasteiger partial charge in [0.05, 0.1) is 0 Å². The van der Waals surface area contributed by atoms with Crippen LogP contribution in [-0.2, 0) is 6.42 Å². The van der Waals surface area contributed by atoms with E-state index in [2.05, 4.69) is 59.6 Å². The molecule has 1 N–H and O–H groups in total. The predicted octanol–water partition coefficient (Wildman–Crippen LogP) is 5.63. The first-order valence-corrected chi connectivity index (χ1v) is 10.0. The first-order chi connectivity index (χ1) is 12.4. The van der Waals surface area contributed by atoms with Crippen LogP contribution >= 0.6 is 24.8 Å². The summed E-state index contributed by atoms with van der Waals surface area (Å²) in [6.45, 7) is 6.90. The molecule has 0 unspecified atom stereocenters. The van der Waals surface area contributed by atoms with Crippen LogP contribution in [0, 0.1) is 0 Å². The highest BCUT2D eigenvalue weighted by Crippen LogP contribution is 2.39. The van der Waals surface area contributed by atoms with Gasteiger partial charge < -0.3 is 5.32 Å². The molecule has 2 aliphatic rings. The smallest absolute Gasteiger partial charge is 0.0349 e. The van der Waals surface area contributed by atoms with Gasteiger partial charge in [0.15, 0.2) is 0 Å². The number of unbranched alkanes of at least 4 members (excludes halogenated alkanes) is 2. The van der Waals surface area contributed by atoms with Crippen LogP contribution in [0.3, 0.4) is 0 Å². The molecule has 1 heterocycles. The molecule has 148 valence electrons. The number of nitrogens with zero attached hydrogens (tertiary/aromatic N) is 1. The fourth-order valence-electron chi connectivity index (χ4n) is 4.51. The van der Waals surface area contributed by atoms with E-state index in [1.165, 1.54) is 66.6 Å². The van der Waals surface area contributed by atoms with Crippen molar-refractivity contribution < 1.29 is 0 Å². The molecule has 0 saturated carbocycles. The zero-order valence-electron chi connectivity index (χ0n) is 16.2. The number of hydrogen-bond donors (Lipinski definition) is 1. The second-order valence-electron chi connectivity index (χ2n) is 7.55. The van der Waals surface area contributed by atoms with Gasteiger partial charge in [0.25, 0.3) is 0 Å². The van der Waals surface area contributed by atoms with Crippen LogP contribution in [0.4, 0.5) is 0 Å². The van der Waals surface area contributed by atoms with E-state index in [1.54, 1.807) is 0 Å². The lowest BCUT2D eigenvalue weighted by molar-refractivity contribution is 0.162. The van der Waals surface area contributed by atoms with Crippen molar-refractivity contribution in [2.24, 2.45) is 0 Å². The molecule has 1 saturated heterocycles. The Morgan fingerprint density at radius 3 is 2.44 bits per heavy atom. The van der Waals surface area contributed by atoms with Gasteiger partial charge in [0.2, 0.25) is 0 Å². The number of nitrogens with one attached hydrogen (secondary N) is 1. The lowest BCUT2D eigenvalue weighted by Gasteiger charge is -2.35. The van der Waals surface area contributed by atoms with Crippen molar-refractivity contribution in [1.82, 2.24) is 10.2 Å². The fraction of sp³-hybridized carbons (Fsp3) is 0.478. The van der Waals surface area contributed by atoms with Crippen molar-refractivity contribution in [3.05, 3.63) is 59.2 Å². The summed E-state index contributed by atoms with van der Waals surface area (Å²) < 4.78 is 0. The molecule has 2 aromatic carbocycles. The molecule has 2 nitrogen and oxygen atoms in total. The van der Waals surface area contributed by atoms with Crippen LogP contribution in [0.25, 0.3) is 11.1 Å². The highest BCUT2D eigenvalue weighted by molar-refractivity contribution is 5.85. The van der Waals surface area contributed by atoms with E-state index < -0.39 is 0 Å². The molecular formula is C23H32Cl2N2. The summed E-state index contributed by atoms with van der Waals surface area (Å²) >= 11 is 0. The summed E-state index contributed by atoms with van der Waals surface area (Å²) in [4.78, 5) is 2.70. The van der Waals surface area contributed by atoms with E-state index in [0.29, 0.717) is 6.04 Å². The van der Waals surface area contributed by atoms with Gasteiger partial charge in [-0.25, -0.2) is 0 Å². The quantitative estimate of drug-likeness (QED) is 0.533. The van der Waals surface area contributed by atoms with Crippen molar-refractivity contribution in [2.75, 3.05) is 26.2 Å². The van der Waals surface area contributed by atoms with Gasteiger partial charge in [-0.2, -0.15) is 0 Å². The molecule has 1 aliphatic carbocycles. The molecule has 0 bridgehead atoms. The monoisotopic (exact) mass is 406 g/mol. The molecule has 0 amide bonds. The predicted molar refractivity (Wildman–Crippen MR) is 121 cm³/mol. The van der Waals surface area contributed by atoms with E-state index >= 15 is 0 Å². The van der Waals surface area contributed by atoms with Gasteiger partial charge in [0.1, 0.15) is 0 Å². The van der Waals surface area contributed by atoms with Gasteiger partial charge >= 0.3 is 0 Å². The summed E-state index contributed by atoms with van der Waals surface area (Å²) in [5, 5.41) is 3.50. The van der Waals surface area contributed by atoms with Crippen molar-refractivity contribution in [1.29, 1.82) is 0 Å². The van der Waals surface area contributed by atoms with Crippen LogP contribution in [-0.4, -0.2) is 31.1 Å². The minimum Gasteiger partial charge on any atom is -0.314 e. The maximum atomic E-state index is 3.50. The zero-order valence-corrected chi connectivity index (χ0v) is 17.9. The Bertz CT molecular complexity index is 726. The Morgan fingerprint density at radius 2 is 1.67 bits per heavy atom. The van der Waals surface area contributed by atoms with E-state index in [1.807, 2.05) is 0 Å². The normalized spacial score (nSPS) is 16.6. The molecule has 0 spiro atoms. The van der Waals surface area contributed by atoms with Crippen molar-refractivity contribution in [3.8, 4) is 11.1 Å². The summed E-state index contributed by atoms with van der Waals surface area (Å²) in [5.41, 5.74) is 7.43. The van der Waals surface area contributed by atoms with Crippen LogP contribution in [0.2, 0.25) is 0 Å². The number of benzene rings is 2. The Hall–Kier alpha value is -1.06. The first kappa shape index (κ1) is 22.2. The maximum absolute atomic E-state index is 3.50. The average Bonchev–Trinajstić information content (AvgIpc) is 3.04. The third-order valence-electron chi connectivity index (χ3n) is 5.88. The molecule has 1 atom stereocenters. The first-order valence-electron chi connectivity index (χ1n) is 10.0. The summed E-state index contributed by atoms with van der Waals surface area (Å²) in [6, 6.07) is 16.8. The molecular weight excluding hydrogens is 375 g/mol. The summed E-state index contributed by atoms with van der Waals surface area (Å²) in [5.74, 6) is 0. The third-order valence-corrected chi connectivity index (χ3v) is 5.88. The Morgan fingerprint density at radius 1 is 0.926 bits per heavy atom. The third kappa shape index (κ3) is 4.86. The van der Waals surface area contributed by atoms with Gasteiger partial charge in [0, 0.05) is 32.2 Å². The minimum atomic E-state index is 0. The van der Waals surface area contributed by atoms with Gasteiger partial charge in [-0.3, -0.25) is 4.90 Å². The van der Waals surface area contributed by atoms with Crippen LogP contribution in [0.15, 0.2) is 42.5 Å². The Kier molecular flexibility index (Phi) is 8.62. The van der Waals surface area contributed by atoms with Crippen molar-refractivity contribution in [3.63, 3.8) is 0 Å². The van der Waals surface area contributed by atoms with E-state index in [-0.39, 0.29) is 24.8 Å². The number of halogens is 2. The standard InChI is InChI=1S/C23H30N2.2ClH/c1-2-3-4-9-23(25-14-12-24-13-15-25)19-10-11-22-20(17-19)16-18-7-5-6-8-21(18)22;;/h5-8,10-11,17,23-24H,2-4,9,12-16H2,1H3;2*1H/t23-;;/m0../s1. The maximum Gasteiger partial charge on any atom is 0.0349 e. The highest BCUT2D eigenvalue weighted by Gasteiger charge is 2.24. The van der Waals surface area contributed by atoms with Gasteiger partial charge in [-0.05, 0) is 40.7 Å². The minimum absolute atomic E-state index is 0. The van der Waals surface area contributed by atoms with Crippen molar-refractivity contribution in [2.45, 2.75) is 45.1 Å². The number of fused-ring (bicyclic) bond motifs is 3.